The molecule has 82 valence electrons. The summed E-state index contributed by atoms with van der Waals surface area (Å²) in [5.74, 6) is 0.323. The predicted molar refractivity (Wildman–Crippen MR) is 58.1 cm³/mol. The van der Waals surface area contributed by atoms with Crippen LogP contribution in [0, 0.1) is 0 Å². The van der Waals surface area contributed by atoms with Crippen molar-refractivity contribution in [3.8, 4) is 5.75 Å². The minimum atomic E-state index is -0.336. The van der Waals surface area contributed by atoms with E-state index in [2.05, 4.69) is 0 Å². The second-order valence-corrected chi connectivity index (χ2v) is 3.34. The van der Waals surface area contributed by atoms with Gasteiger partial charge in [0.1, 0.15) is 12.4 Å². The van der Waals surface area contributed by atoms with E-state index in [4.69, 9.17) is 21.1 Å². The molecular weight excluding hydrogens is 216 g/mol. The van der Waals surface area contributed by atoms with Crippen molar-refractivity contribution in [3.63, 3.8) is 0 Å². The third kappa shape index (κ3) is 3.44. The van der Waals surface area contributed by atoms with Crippen LogP contribution in [-0.4, -0.2) is 12.6 Å². The van der Waals surface area contributed by atoms with Crippen molar-refractivity contribution in [3.05, 3.63) is 28.8 Å². The van der Waals surface area contributed by atoms with Gasteiger partial charge in [-0.3, -0.25) is 4.79 Å². The Hall–Kier alpha value is -1.22. The average molecular weight is 229 g/mol. The molecule has 3 nitrogen and oxygen atoms in total. The molecule has 0 heterocycles. The van der Waals surface area contributed by atoms with Gasteiger partial charge in [-0.15, -0.1) is 0 Å². The molecule has 0 unspecified atom stereocenters. The molecule has 0 saturated carbocycles. The van der Waals surface area contributed by atoms with E-state index in [-0.39, 0.29) is 12.6 Å². The van der Waals surface area contributed by atoms with Gasteiger partial charge in [-0.1, -0.05) is 17.7 Å². The van der Waals surface area contributed by atoms with E-state index < -0.39 is 0 Å². The van der Waals surface area contributed by atoms with Crippen molar-refractivity contribution in [1.29, 1.82) is 0 Å². The summed E-state index contributed by atoms with van der Waals surface area (Å²) in [5, 5.41) is 0.544. The molecule has 0 aliphatic rings. The van der Waals surface area contributed by atoms with Crippen LogP contribution in [0.25, 0.3) is 0 Å². The van der Waals surface area contributed by atoms with Gasteiger partial charge in [-0.05, 0) is 19.1 Å². The number of hydrogen-bond acceptors (Lipinski definition) is 3. The molecule has 0 aliphatic carbocycles. The maximum absolute atomic E-state index is 10.7. The van der Waals surface area contributed by atoms with E-state index in [0.717, 1.165) is 0 Å². The zero-order valence-corrected chi connectivity index (χ0v) is 9.50. The highest BCUT2D eigenvalue weighted by molar-refractivity contribution is 6.31. The van der Waals surface area contributed by atoms with Crippen molar-refractivity contribution >= 4 is 17.6 Å². The van der Waals surface area contributed by atoms with Crippen molar-refractivity contribution in [2.45, 2.75) is 20.5 Å². The summed E-state index contributed by atoms with van der Waals surface area (Å²) in [6.07, 6.45) is 0. The molecule has 4 heteroatoms. The molecule has 0 atom stereocenters. The van der Waals surface area contributed by atoms with E-state index in [1.165, 1.54) is 6.92 Å². The highest BCUT2D eigenvalue weighted by atomic mass is 35.5. The van der Waals surface area contributed by atoms with Gasteiger partial charge < -0.3 is 9.47 Å². The van der Waals surface area contributed by atoms with Crippen LogP contribution in [0.3, 0.4) is 0 Å². The number of carbonyl (C=O) groups excluding carboxylic acids is 1. The lowest BCUT2D eigenvalue weighted by atomic mass is 10.2. The molecule has 0 aromatic heterocycles. The summed E-state index contributed by atoms with van der Waals surface area (Å²) in [4.78, 5) is 10.7. The fraction of sp³-hybridized carbons (Fsp3) is 0.364. The number of rotatable bonds is 4. The Morgan fingerprint density at radius 2 is 2.20 bits per heavy atom. The van der Waals surface area contributed by atoms with Gasteiger partial charge in [0.15, 0.2) is 0 Å². The Kier molecular flexibility index (Phi) is 4.43. The standard InChI is InChI=1S/C11H13ClO3/c1-3-14-11-6-4-5-10(12)9(11)7-15-8(2)13/h4-6H,3,7H2,1-2H3. The van der Waals surface area contributed by atoms with Gasteiger partial charge in [-0.2, -0.15) is 0 Å². The second kappa shape index (κ2) is 5.61. The molecule has 1 aromatic carbocycles. The Labute approximate surface area is 93.9 Å². The summed E-state index contributed by atoms with van der Waals surface area (Å²) in [7, 11) is 0. The van der Waals surface area contributed by atoms with E-state index in [0.29, 0.717) is 22.9 Å². The third-order valence-corrected chi connectivity index (χ3v) is 2.15. The van der Waals surface area contributed by atoms with E-state index in [1.807, 2.05) is 6.92 Å². The first kappa shape index (κ1) is 11.9. The van der Waals surface area contributed by atoms with Crippen LogP contribution in [-0.2, 0) is 16.1 Å². The highest BCUT2D eigenvalue weighted by Crippen LogP contribution is 2.27. The third-order valence-electron chi connectivity index (χ3n) is 1.80. The minimum Gasteiger partial charge on any atom is -0.493 e. The number of hydrogen-bond donors (Lipinski definition) is 0. The molecule has 1 aromatic rings. The van der Waals surface area contributed by atoms with E-state index in [1.54, 1.807) is 18.2 Å². The number of halogens is 1. The fourth-order valence-electron chi connectivity index (χ4n) is 1.14. The Morgan fingerprint density at radius 3 is 2.80 bits per heavy atom. The number of esters is 1. The van der Waals surface area contributed by atoms with Gasteiger partial charge in [0.2, 0.25) is 0 Å². The number of ether oxygens (including phenoxy) is 2. The van der Waals surface area contributed by atoms with Gasteiger partial charge in [0.25, 0.3) is 0 Å². The quantitative estimate of drug-likeness (QED) is 0.744. The maximum atomic E-state index is 10.7. The van der Waals surface area contributed by atoms with Crippen molar-refractivity contribution in [1.82, 2.24) is 0 Å². The molecule has 0 bridgehead atoms. The number of benzene rings is 1. The second-order valence-electron chi connectivity index (χ2n) is 2.93. The molecule has 0 fully saturated rings. The van der Waals surface area contributed by atoms with Crippen LogP contribution in [0.15, 0.2) is 18.2 Å². The van der Waals surface area contributed by atoms with Gasteiger partial charge in [0.05, 0.1) is 17.2 Å². The fourth-order valence-corrected chi connectivity index (χ4v) is 1.36. The van der Waals surface area contributed by atoms with Crippen LogP contribution in [0.1, 0.15) is 19.4 Å². The lowest BCUT2D eigenvalue weighted by Gasteiger charge is -2.11. The summed E-state index contributed by atoms with van der Waals surface area (Å²) >= 11 is 5.98. The molecule has 0 amide bonds. The number of carbonyl (C=O) groups is 1. The summed E-state index contributed by atoms with van der Waals surface area (Å²) in [6.45, 7) is 3.94. The monoisotopic (exact) mass is 228 g/mol. The lowest BCUT2D eigenvalue weighted by molar-refractivity contribution is -0.142. The molecule has 0 aliphatic heterocycles. The van der Waals surface area contributed by atoms with E-state index in [9.17, 15) is 4.79 Å². The van der Waals surface area contributed by atoms with Crippen molar-refractivity contribution < 1.29 is 14.3 Å². The first-order valence-electron chi connectivity index (χ1n) is 4.68. The molecule has 0 spiro atoms. The Balaban J connectivity index is 2.86. The topological polar surface area (TPSA) is 35.5 Å². The first-order chi connectivity index (χ1) is 7.15. The van der Waals surface area contributed by atoms with Crippen LogP contribution >= 0.6 is 11.6 Å². The summed E-state index contributed by atoms with van der Waals surface area (Å²) < 4.78 is 10.3. The zero-order chi connectivity index (χ0) is 11.3. The maximum Gasteiger partial charge on any atom is 0.302 e. The predicted octanol–water partition coefficient (Wildman–Crippen LogP) is 2.80. The van der Waals surface area contributed by atoms with Gasteiger partial charge in [0, 0.05) is 6.92 Å². The molecule has 0 radical (unpaired) electrons. The average Bonchev–Trinajstić information content (AvgIpc) is 2.17. The summed E-state index contributed by atoms with van der Waals surface area (Å²) in [5.41, 5.74) is 0.705. The van der Waals surface area contributed by atoms with Crippen LogP contribution in [0.4, 0.5) is 0 Å². The van der Waals surface area contributed by atoms with Crippen LogP contribution in [0.5, 0.6) is 5.75 Å². The van der Waals surface area contributed by atoms with Crippen LogP contribution in [0.2, 0.25) is 5.02 Å². The Morgan fingerprint density at radius 1 is 1.47 bits per heavy atom. The van der Waals surface area contributed by atoms with Gasteiger partial charge in [-0.25, -0.2) is 0 Å². The molecule has 15 heavy (non-hydrogen) atoms. The smallest absolute Gasteiger partial charge is 0.302 e. The molecule has 1 rings (SSSR count). The van der Waals surface area contributed by atoms with Gasteiger partial charge >= 0.3 is 5.97 Å². The highest BCUT2D eigenvalue weighted by Gasteiger charge is 2.09. The SMILES string of the molecule is CCOc1cccc(Cl)c1COC(C)=O. The van der Waals surface area contributed by atoms with Crippen molar-refractivity contribution in [2.24, 2.45) is 0 Å². The minimum absolute atomic E-state index is 0.143. The largest absolute Gasteiger partial charge is 0.493 e. The van der Waals surface area contributed by atoms with Crippen molar-refractivity contribution in [2.75, 3.05) is 6.61 Å². The molecule has 0 N–H and O–H groups in total. The molecule has 0 saturated heterocycles. The van der Waals surface area contributed by atoms with E-state index >= 15 is 0 Å². The Bertz CT molecular complexity index is 350. The lowest BCUT2D eigenvalue weighted by Crippen LogP contribution is -2.03. The first-order valence-corrected chi connectivity index (χ1v) is 5.06. The molecular formula is C11H13ClO3. The van der Waals surface area contributed by atoms with Crippen LogP contribution < -0.4 is 4.74 Å². The summed E-state index contributed by atoms with van der Waals surface area (Å²) in [6, 6.07) is 5.34. The zero-order valence-electron chi connectivity index (χ0n) is 8.75. The normalized spacial score (nSPS) is 9.80.